The molecule has 1 aliphatic heterocycles. The van der Waals surface area contributed by atoms with E-state index in [4.69, 9.17) is 4.74 Å². The molecule has 0 spiro atoms. The van der Waals surface area contributed by atoms with Crippen molar-refractivity contribution in [1.82, 2.24) is 10.2 Å². The number of likely N-dealkylation sites (tertiary alicyclic amines) is 1. The Labute approximate surface area is 140 Å². The summed E-state index contributed by atoms with van der Waals surface area (Å²) >= 11 is 0. The molecule has 1 rings (SSSR count). The van der Waals surface area contributed by atoms with Crippen LogP contribution in [0.5, 0.6) is 0 Å². The van der Waals surface area contributed by atoms with E-state index in [-0.39, 0.29) is 31.5 Å². The quantitative estimate of drug-likeness (QED) is 0.388. The van der Waals surface area contributed by atoms with Crippen LogP contribution in [0.15, 0.2) is 0 Å². The summed E-state index contributed by atoms with van der Waals surface area (Å²) in [5.74, 6) is 0.417. The van der Waals surface area contributed by atoms with Crippen molar-refractivity contribution in [2.45, 2.75) is 45.8 Å². The maximum absolute atomic E-state index is 9.24. The molecule has 0 saturated carbocycles. The van der Waals surface area contributed by atoms with E-state index in [1.54, 1.807) is 0 Å². The summed E-state index contributed by atoms with van der Waals surface area (Å²) in [5, 5.41) is 31.0. The van der Waals surface area contributed by atoms with E-state index in [9.17, 15) is 15.3 Å². The molecule has 1 aliphatic rings. The Kier molecular flexibility index (Phi) is 10.3. The van der Waals surface area contributed by atoms with Crippen molar-refractivity contribution in [3.63, 3.8) is 0 Å². The minimum atomic E-state index is -0.0860. The monoisotopic (exact) mass is 332 g/mol. The lowest BCUT2D eigenvalue weighted by atomic mass is 9.95. The summed E-state index contributed by atoms with van der Waals surface area (Å²) in [5.41, 5.74) is -0.0860. The van der Waals surface area contributed by atoms with Gasteiger partial charge in [0.15, 0.2) is 0 Å². The van der Waals surface area contributed by atoms with Crippen LogP contribution in [0, 0.1) is 11.3 Å². The summed E-state index contributed by atoms with van der Waals surface area (Å²) in [7, 11) is 0. The van der Waals surface area contributed by atoms with Crippen molar-refractivity contribution in [1.29, 1.82) is 0 Å². The number of hydrogen-bond donors (Lipinski definition) is 4. The number of nitrogens with zero attached hydrogens (tertiary/aromatic N) is 1. The van der Waals surface area contributed by atoms with Crippen molar-refractivity contribution in [3.8, 4) is 0 Å². The largest absolute Gasteiger partial charge is 0.396 e. The molecule has 1 saturated heterocycles. The fourth-order valence-corrected chi connectivity index (χ4v) is 2.80. The minimum Gasteiger partial charge on any atom is -0.396 e. The van der Waals surface area contributed by atoms with E-state index in [0.717, 1.165) is 45.4 Å². The second-order valence-corrected chi connectivity index (χ2v) is 7.35. The first-order chi connectivity index (χ1) is 11.0. The Hall–Kier alpha value is -0.240. The average molecular weight is 332 g/mol. The molecule has 6 nitrogen and oxygen atoms in total. The minimum absolute atomic E-state index is 0.0199. The molecular formula is C17H36N2O4. The maximum Gasteiger partial charge on any atom is 0.112 e. The SMILES string of the molecule is CC(C)(CO)CNCCCOC(CCO)N1CCC(CO)CC1. The zero-order valence-electron chi connectivity index (χ0n) is 14.8. The molecule has 0 aromatic carbocycles. The van der Waals surface area contributed by atoms with Gasteiger partial charge in [-0.1, -0.05) is 13.8 Å². The fraction of sp³-hybridized carbons (Fsp3) is 1.00. The third kappa shape index (κ3) is 8.42. The molecule has 0 amide bonds. The first-order valence-corrected chi connectivity index (χ1v) is 8.91. The van der Waals surface area contributed by atoms with Gasteiger partial charge >= 0.3 is 0 Å². The smallest absolute Gasteiger partial charge is 0.112 e. The number of ether oxygens (including phenoxy) is 1. The van der Waals surface area contributed by atoms with Crippen LogP contribution in [0.3, 0.4) is 0 Å². The second kappa shape index (κ2) is 11.3. The van der Waals surface area contributed by atoms with Gasteiger partial charge in [-0.15, -0.1) is 0 Å². The molecular weight excluding hydrogens is 296 g/mol. The zero-order valence-corrected chi connectivity index (χ0v) is 14.8. The van der Waals surface area contributed by atoms with Crippen molar-refractivity contribution in [2.24, 2.45) is 11.3 Å². The summed E-state index contributed by atoms with van der Waals surface area (Å²) < 4.78 is 5.96. The van der Waals surface area contributed by atoms with Crippen LogP contribution >= 0.6 is 0 Å². The van der Waals surface area contributed by atoms with E-state index in [1.807, 2.05) is 13.8 Å². The van der Waals surface area contributed by atoms with E-state index in [1.165, 1.54) is 0 Å². The van der Waals surface area contributed by atoms with Crippen LogP contribution in [0.1, 0.15) is 39.5 Å². The van der Waals surface area contributed by atoms with Gasteiger partial charge in [-0.2, -0.15) is 0 Å². The van der Waals surface area contributed by atoms with Gasteiger partial charge < -0.3 is 25.4 Å². The number of aliphatic hydroxyl groups excluding tert-OH is 3. The highest BCUT2D eigenvalue weighted by molar-refractivity contribution is 4.74. The first kappa shape index (κ1) is 20.8. The van der Waals surface area contributed by atoms with Gasteiger partial charge in [0, 0.05) is 57.9 Å². The van der Waals surface area contributed by atoms with Crippen LogP contribution < -0.4 is 5.32 Å². The van der Waals surface area contributed by atoms with Crippen LogP contribution in [-0.4, -0.2) is 79.1 Å². The van der Waals surface area contributed by atoms with Gasteiger partial charge in [-0.3, -0.25) is 4.90 Å². The standard InChI is InChI=1S/C17H36N2O4/c1-17(2,14-22)13-18-7-3-11-23-16(6-10-20)19-8-4-15(12-21)5-9-19/h15-16,18,20-22H,3-14H2,1-2H3. The third-order valence-corrected chi connectivity index (χ3v) is 4.53. The Morgan fingerprint density at radius 2 is 1.91 bits per heavy atom. The van der Waals surface area contributed by atoms with Crippen molar-refractivity contribution >= 4 is 0 Å². The molecule has 1 fully saturated rings. The Bertz CT molecular complexity index is 294. The predicted molar refractivity (Wildman–Crippen MR) is 91.2 cm³/mol. The molecule has 6 heteroatoms. The van der Waals surface area contributed by atoms with Crippen molar-refractivity contribution in [3.05, 3.63) is 0 Å². The van der Waals surface area contributed by atoms with Gasteiger partial charge in [-0.05, 0) is 31.7 Å². The Morgan fingerprint density at radius 1 is 1.22 bits per heavy atom. The van der Waals surface area contributed by atoms with E-state index in [0.29, 0.717) is 18.9 Å². The average Bonchev–Trinajstić information content (AvgIpc) is 2.57. The van der Waals surface area contributed by atoms with Gasteiger partial charge in [0.05, 0.1) is 0 Å². The molecule has 0 aromatic heterocycles. The van der Waals surface area contributed by atoms with E-state index >= 15 is 0 Å². The lowest BCUT2D eigenvalue weighted by Crippen LogP contribution is -2.44. The topological polar surface area (TPSA) is 85.2 Å². The lowest BCUT2D eigenvalue weighted by Gasteiger charge is -2.36. The lowest BCUT2D eigenvalue weighted by molar-refractivity contribution is -0.0845. The summed E-state index contributed by atoms with van der Waals surface area (Å²) in [4.78, 5) is 2.28. The molecule has 1 heterocycles. The summed E-state index contributed by atoms with van der Waals surface area (Å²) in [6.45, 7) is 8.82. The molecule has 0 bridgehead atoms. The molecule has 0 aliphatic carbocycles. The molecule has 0 radical (unpaired) electrons. The van der Waals surface area contributed by atoms with Gasteiger partial charge in [-0.25, -0.2) is 0 Å². The van der Waals surface area contributed by atoms with E-state index < -0.39 is 0 Å². The number of hydrogen-bond acceptors (Lipinski definition) is 6. The van der Waals surface area contributed by atoms with Crippen molar-refractivity contribution in [2.75, 3.05) is 52.6 Å². The second-order valence-electron chi connectivity index (χ2n) is 7.35. The molecule has 1 unspecified atom stereocenters. The first-order valence-electron chi connectivity index (χ1n) is 8.91. The normalized spacial score (nSPS) is 19.2. The molecule has 4 N–H and O–H groups in total. The summed E-state index contributed by atoms with van der Waals surface area (Å²) in [6.07, 6.45) is 3.53. The number of piperidine rings is 1. The van der Waals surface area contributed by atoms with Crippen LogP contribution in [-0.2, 0) is 4.74 Å². The maximum atomic E-state index is 9.24. The molecule has 1 atom stereocenters. The van der Waals surface area contributed by atoms with Gasteiger partial charge in [0.2, 0.25) is 0 Å². The van der Waals surface area contributed by atoms with Crippen LogP contribution in [0.25, 0.3) is 0 Å². The van der Waals surface area contributed by atoms with Crippen LogP contribution in [0.4, 0.5) is 0 Å². The predicted octanol–water partition coefficient (Wildman–Crippen LogP) is 0.414. The Balaban J connectivity index is 2.18. The number of rotatable bonds is 12. The highest BCUT2D eigenvalue weighted by Gasteiger charge is 2.24. The number of aliphatic hydroxyl groups is 3. The molecule has 0 aromatic rings. The summed E-state index contributed by atoms with van der Waals surface area (Å²) in [6, 6.07) is 0. The molecule has 23 heavy (non-hydrogen) atoms. The number of nitrogens with one attached hydrogen (secondary N) is 1. The fourth-order valence-electron chi connectivity index (χ4n) is 2.80. The van der Waals surface area contributed by atoms with Crippen molar-refractivity contribution < 1.29 is 20.1 Å². The highest BCUT2D eigenvalue weighted by Crippen LogP contribution is 2.20. The zero-order chi connectivity index (χ0) is 17.1. The highest BCUT2D eigenvalue weighted by atomic mass is 16.5. The van der Waals surface area contributed by atoms with Gasteiger partial charge in [0.25, 0.3) is 0 Å². The Morgan fingerprint density at radius 3 is 2.48 bits per heavy atom. The third-order valence-electron chi connectivity index (χ3n) is 4.53. The van der Waals surface area contributed by atoms with E-state index in [2.05, 4.69) is 10.2 Å². The van der Waals surface area contributed by atoms with Gasteiger partial charge in [0.1, 0.15) is 6.23 Å². The van der Waals surface area contributed by atoms with Crippen LogP contribution in [0.2, 0.25) is 0 Å². The molecule has 138 valence electrons.